The highest BCUT2D eigenvalue weighted by Crippen LogP contribution is 2.35. The molecule has 1 saturated carbocycles. The normalized spacial score (nSPS) is 18.6. The molecule has 3 heteroatoms. The fourth-order valence-electron chi connectivity index (χ4n) is 4.31. The highest BCUT2D eigenvalue weighted by atomic mass is 16.1. The minimum atomic E-state index is 0.172. The minimum absolute atomic E-state index is 0.172. The van der Waals surface area contributed by atoms with E-state index in [-0.39, 0.29) is 11.8 Å². The molecule has 1 rings (SSSR count). The van der Waals surface area contributed by atoms with Gasteiger partial charge >= 0.3 is 0 Å². The van der Waals surface area contributed by atoms with Crippen molar-refractivity contribution in [1.29, 1.82) is 0 Å². The average Bonchev–Trinajstić information content (AvgIpc) is 2.66. The van der Waals surface area contributed by atoms with Gasteiger partial charge in [0, 0.05) is 18.9 Å². The van der Waals surface area contributed by atoms with Gasteiger partial charge < -0.3 is 10.1 Å². The van der Waals surface area contributed by atoms with Crippen LogP contribution in [0.2, 0.25) is 0 Å². The zero-order valence-electron chi connectivity index (χ0n) is 18.7. The predicted molar refractivity (Wildman–Crippen MR) is 119 cm³/mol. The van der Waals surface area contributed by atoms with E-state index >= 15 is 0 Å². The Balaban J connectivity index is 1.71. The number of nitrogens with one attached hydrogen (secondary N) is 1. The summed E-state index contributed by atoms with van der Waals surface area (Å²) in [5, 5.41) is 3.07. The maximum atomic E-state index is 11.9. The average molecular weight is 394 g/mol. The van der Waals surface area contributed by atoms with Crippen molar-refractivity contribution < 1.29 is 9.59 Å². The summed E-state index contributed by atoms with van der Waals surface area (Å²) in [6.07, 6.45) is 25.4. The third-order valence-corrected chi connectivity index (χ3v) is 6.37. The Morgan fingerprint density at radius 2 is 1.18 bits per heavy atom. The molecule has 1 N–H and O–H groups in total. The first-order valence-electron chi connectivity index (χ1n) is 12.5. The van der Waals surface area contributed by atoms with Gasteiger partial charge in [0.1, 0.15) is 6.29 Å². The number of carbonyl (C=O) groups is 2. The molecule has 0 bridgehead atoms. The van der Waals surface area contributed by atoms with Crippen LogP contribution in [0.25, 0.3) is 0 Å². The third-order valence-electron chi connectivity index (χ3n) is 6.37. The summed E-state index contributed by atoms with van der Waals surface area (Å²) in [6, 6.07) is 0. The van der Waals surface area contributed by atoms with Gasteiger partial charge in [-0.3, -0.25) is 4.79 Å². The second-order valence-electron chi connectivity index (χ2n) is 9.03. The molecule has 28 heavy (non-hydrogen) atoms. The quantitative estimate of drug-likeness (QED) is 0.179. The second-order valence-corrected chi connectivity index (χ2v) is 9.03. The van der Waals surface area contributed by atoms with E-state index in [0.29, 0.717) is 12.3 Å². The Bertz CT molecular complexity index is 377. The molecule has 0 aliphatic heterocycles. The number of carbonyl (C=O) groups excluding carboxylic acids is 2. The van der Waals surface area contributed by atoms with E-state index in [0.717, 1.165) is 32.1 Å². The molecule has 0 aromatic rings. The van der Waals surface area contributed by atoms with Crippen LogP contribution in [0.1, 0.15) is 129 Å². The van der Waals surface area contributed by atoms with Crippen LogP contribution in [0.4, 0.5) is 0 Å². The molecular weight excluding hydrogens is 346 g/mol. The Morgan fingerprint density at radius 1 is 0.750 bits per heavy atom. The first kappa shape index (κ1) is 25.2. The van der Waals surface area contributed by atoms with Crippen LogP contribution in [0.15, 0.2) is 0 Å². The molecule has 0 atom stereocenters. The molecule has 1 aliphatic rings. The van der Waals surface area contributed by atoms with Crippen molar-refractivity contribution in [3.05, 3.63) is 0 Å². The summed E-state index contributed by atoms with van der Waals surface area (Å²) >= 11 is 0. The predicted octanol–water partition coefficient (Wildman–Crippen LogP) is 6.98. The van der Waals surface area contributed by atoms with E-state index in [1.54, 1.807) is 0 Å². The summed E-state index contributed by atoms with van der Waals surface area (Å²) in [4.78, 5) is 22.4. The van der Waals surface area contributed by atoms with Crippen molar-refractivity contribution in [1.82, 2.24) is 5.32 Å². The maximum absolute atomic E-state index is 11.9. The maximum Gasteiger partial charge on any atom is 0.223 e. The summed E-state index contributed by atoms with van der Waals surface area (Å²) in [6.45, 7) is 3.11. The summed E-state index contributed by atoms with van der Waals surface area (Å²) < 4.78 is 0. The van der Waals surface area contributed by atoms with Crippen molar-refractivity contribution >= 4 is 12.2 Å². The van der Waals surface area contributed by atoms with E-state index < -0.39 is 0 Å². The van der Waals surface area contributed by atoms with Crippen LogP contribution < -0.4 is 5.32 Å². The summed E-state index contributed by atoms with van der Waals surface area (Å²) in [7, 11) is 0. The first-order valence-corrected chi connectivity index (χ1v) is 12.5. The Kier molecular flexibility index (Phi) is 16.4. The first-order chi connectivity index (χ1) is 13.8. The third kappa shape index (κ3) is 13.3. The van der Waals surface area contributed by atoms with Gasteiger partial charge in [0.05, 0.1) is 0 Å². The van der Waals surface area contributed by atoms with Gasteiger partial charge in [-0.25, -0.2) is 0 Å². The summed E-state index contributed by atoms with van der Waals surface area (Å²) in [5.74, 6) is 0.845. The molecule has 0 unspecified atom stereocenters. The molecule has 0 saturated heterocycles. The van der Waals surface area contributed by atoms with Gasteiger partial charge in [-0.1, -0.05) is 103 Å². The number of hydrogen-bond donors (Lipinski definition) is 1. The lowest BCUT2D eigenvalue weighted by atomic mass is 9.73. The number of aldehydes is 1. The molecule has 0 aromatic heterocycles. The molecule has 0 spiro atoms. The van der Waals surface area contributed by atoms with Crippen LogP contribution in [0.3, 0.4) is 0 Å². The monoisotopic (exact) mass is 393 g/mol. The van der Waals surface area contributed by atoms with Crippen molar-refractivity contribution in [2.24, 2.45) is 11.8 Å². The zero-order valence-corrected chi connectivity index (χ0v) is 18.7. The lowest BCUT2D eigenvalue weighted by molar-refractivity contribution is -0.129. The molecule has 0 aromatic carbocycles. The lowest BCUT2D eigenvalue weighted by Gasteiger charge is -2.32. The van der Waals surface area contributed by atoms with Gasteiger partial charge in [0.25, 0.3) is 0 Å². The molecule has 0 heterocycles. The van der Waals surface area contributed by atoms with Crippen molar-refractivity contribution in [3.63, 3.8) is 0 Å². The Labute approximate surface area is 174 Å². The van der Waals surface area contributed by atoms with Crippen LogP contribution in [-0.4, -0.2) is 18.7 Å². The van der Waals surface area contributed by atoms with Crippen LogP contribution >= 0.6 is 0 Å². The number of unbranched alkanes of at least 4 members (excludes halogenated alkanes) is 15. The molecule has 164 valence electrons. The van der Waals surface area contributed by atoms with Crippen molar-refractivity contribution in [3.8, 4) is 0 Å². The minimum Gasteiger partial charge on any atom is -0.356 e. The lowest BCUT2D eigenvalue weighted by Crippen LogP contribution is -2.39. The number of rotatable bonds is 20. The van der Waals surface area contributed by atoms with Gasteiger partial charge in [0.15, 0.2) is 0 Å². The highest BCUT2D eigenvalue weighted by Gasteiger charge is 2.33. The zero-order chi connectivity index (χ0) is 20.3. The molecule has 3 nitrogen and oxygen atoms in total. The van der Waals surface area contributed by atoms with E-state index in [9.17, 15) is 9.59 Å². The molecule has 0 radical (unpaired) electrons. The fraction of sp³-hybridized carbons (Fsp3) is 0.920. The van der Waals surface area contributed by atoms with E-state index in [4.69, 9.17) is 0 Å². The molecule has 1 amide bonds. The topological polar surface area (TPSA) is 46.2 Å². The molecule has 1 aliphatic carbocycles. The van der Waals surface area contributed by atoms with Crippen molar-refractivity contribution in [2.45, 2.75) is 129 Å². The van der Waals surface area contributed by atoms with Gasteiger partial charge in [-0.05, 0) is 25.2 Å². The van der Waals surface area contributed by atoms with E-state index in [1.807, 2.05) is 0 Å². The van der Waals surface area contributed by atoms with Crippen LogP contribution in [0.5, 0.6) is 0 Å². The van der Waals surface area contributed by atoms with Crippen molar-refractivity contribution in [2.75, 3.05) is 6.54 Å². The standard InChI is InChI=1S/C25H47NO2/c1-2-3-4-5-6-7-8-9-10-11-12-13-14-15-16-17-19-26-25(28)24-21-23(22-24)18-20-27/h20,23-24H,2-19,21-22H2,1H3,(H,26,28). The number of hydrogen-bond acceptors (Lipinski definition) is 2. The smallest absolute Gasteiger partial charge is 0.223 e. The number of amides is 1. The van der Waals surface area contributed by atoms with Crippen LogP contribution in [0, 0.1) is 11.8 Å². The highest BCUT2D eigenvalue weighted by molar-refractivity contribution is 5.79. The molecule has 1 fully saturated rings. The Morgan fingerprint density at radius 3 is 1.61 bits per heavy atom. The molecular formula is C25H47NO2. The summed E-state index contributed by atoms with van der Waals surface area (Å²) in [5.41, 5.74) is 0. The SMILES string of the molecule is CCCCCCCCCCCCCCCCCCNC(=O)C1CC(CC=O)C1. The van der Waals surface area contributed by atoms with Gasteiger partial charge in [-0.2, -0.15) is 0 Å². The largest absolute Gasteiger partial charge is 0.356 e. The fourth-order valence-corrected chi connectivity index (χ4v) is 4.31. The van der Waals surface area contributed by atoms with Crippen LogP contribution in [-0.2, 0) is 9.59 Å². The van der Waals surface area contributed by atoms with Gasteiger partial charge in [0.2, 0.25) is 5.91 Å². The second kappa shape index (κ2) is 18.2. The van der Waals surface area contributed by atoms with E-state index in [1.165, 1.54) is 96.3 Å². The van der Waals surface area contributed by atoms with E-state index in [2.05, 4.69) is 12.2 Å². The Hall–Kier alpha value is -0.860. The van der Waals surface area contributed by atoms with Gasteiger partial charge in [-0.15, -0.1) is 0 Å².